The Kier molecular flexibility index (Phi) is 3.64. The third-order valence-electron chi connectivity index (χ3n) is 2.57. The molecule has 2 aromatic rings. The van der Waals surface area contributed by atoms with E-state index in [1.807, 2.05) is 12.1 Å². The summed E-state index contributed by atoms with van der Waals surface area (Å²) in [6.07, 6.45) is 0. The lowest BCUT2D eigenvalue weighted by molar-refractivity contribution is 0.604. The van der Waals surface area contributed by atoms with E-state index < -0.39 is 0 Å². The van der Waals surface area contributed by atoms with Crippen LogP contribution < -0.4 is 5.73 Å². The average Bonchev–Trinajstić information content (AvgIpc) is 2.83. The number of hydrogen-bond donors (Lipinski definition) is 1. The first kappa shape index (κ1) is 13.1. The fourth-order valence-corrected chi connectivity index (χ4v) is 3.80. The summed E-state index contributed by atoms with van der Waals surface area (Å²) in [5, 5.41) is 0. The molecular weight excluding hydrogens is 270 g/mol. The van der Waals surface area contributed by atoms with Crippen molar-refractivity contribution in [3.63, 3.8) is 0 Å². The lowest BCUT2D eigenvalue weighted by Crippen LogP contribution is -2.09. The fourth-order valence-electron chi connectivity index (χ4n) is 1.56. The molecule has 2 N–H and O–H groups in total. The van der Waals surface area contributed by atoms with E-state index in [2.05, 4.69) is 32.9 Å². The van der Waals surface area contributed by atoms with E-state index in [4.69, 9.17) is 17.3 Å². The van der Waals surface area contributed by atoms with Crippen LogP contribution in [0.3, 0.4) is 0 Å². The Labute approximate surface area is 115 Å². The van der Waals surface area contributed by atoms with Crippen molar-refractivity contribution in [2.75, 3.05) is 0 Å². The molecule has 0 radical (unpaired) electrons. The maximum Gasteiger partial charge on any atom is 0.0931 e. The Bertz CT molecular complexity index is 507. The molecule has 2 aromatic heterocycles. The molecule has 2 rings (SSSR count). The smallest absolute Gasteiger partial charge is 0.0931 e. The number of halogens is 1. The molecule has 0 aliphatic carbocycles. The summed E-state index contributed by atoms with van der Waals surface area (Å²) < 4.78 is 0.794. The minimum atomic E-state index is -0.0476. The molecular formula is C13H16ClNS2. The van der Waals surface area contributed by atoms with Crippen LogP contribution in [0.25, 0.3) is 0 Å². The Balaban J connectivity index is 2.26. The minimum Gasteiger partial charge on any atom is -0.319 e. The van der Waals surface area contributed by atoms with Gasteiger partial charge >= 0.3 is 0 Å². The zero-order chi connectivity index (χ0) is 12.6. The molecule has 17 heavy (non-hydrogen) atoms. The molecule has 0 aromatic carbocycles. The van der Waals surface area contributed by atoms with E-state index >= 15 is 0 Å². The van der Waals surface area contributed by atoms with E-state index in [0.717, 1.165) is 9.21 Å². The lowest BCUT2D eigenvalue weighted by atomic mass is 9.95. The Morgan fingerprint density at radius 3 is 2.12 bits per heavy atom. The molecule has 0 saturated heterocycles. The van der Waals surface area contributed by atoms with Crippen LogP contribution in [-0.2, 0) is 5.41 Å². The first-order chi connectivity index (χ1) is 7.88. The summed E-state index contributed by atoms with van der Waals surface area (Å²) in [6, 6.07) is 8.17. The molecule has 1 atom stereocenters. The maximum absolute atomic E-state index is 6.25. The van der Waals surface area contributed by atoms with Crippen LogP contribution in [0.2, 0.25) is 4.34 Å². The van der Waals surface area contributed by atoms with Crippen molar-refractivity contribution in [2.24, 2.45) is 5.73 Å². The van der Waals surface area contributed by atoms with Crippen molar-refractivity contribution in [3.8, 4) is 0 Å². The third-order valence-corrected chi connectivity index (χ3v) is 5.48. The van der Waals surface area contributed by atoms with E-state index in [0.29, 0.717) is 0 Å². The molecule has 0 saturated carbocycles. The van der Waals surface area contributed by atoms with Crippen LogP contribution in [0.1, 0.15) is 41.4 Å². The molecule has 1 unspecified atom stereocenters. The zero-order valence-electron chi connectivity index (χ0n) is 10.2. The highest BCUT2D eigenvalue weighted by molar-refractivity contribution is 7.16. The molecule has 2 heterocycles. The molecule has 4 heteroatoms. The van der Waals surface area contributed by atoms with Crippen molar-refractivity contribution in [1.29, 1.82) is 0 Å². The Morgan fingerprint density at radius 1 is 1.06 bits per heavy atom. The van der Waals surface area contributed by atoms with Crippen LogP contribution in [-0.4, -0.2) is 0 Å². The maximum atomic E-state index is 6.25. The highest BCUT2D eigenvalue weighted by atomic mass is 35.5. The minimum absolute atomic E-state index is 0.0476. The largest absolute Gasteiger partial charge is 0.319 e. The van der Waals surface area contributed by atoms with Gasteiger partial charge in [-0.15, -0.1) is 22.7 Å². The van der Waals surface area contributed by atoms with Gasteiger partial charge in [0, 0.05) is 14.6 Å². The van der Waals surface area contributed by atoms with Gasteiger partial charge in [0.25, 0.3) is 0 Å². The quantitative estimate of drug-likeness (QED) is 0.842. The van der Waals surface area contributed by atoms with Gasteiger partial charge in [0.1, 0.15) is 0 Å². The van der Waals surface area contributed by atoms with Crippen molar-refractivity contribution in [3.05, 3.63) is 43.2 Å². The summed E-state index contributed by atoms with van der Waals surface area (Å²) in [5.41, 5.74) is 6.44. The zero-order valence-corrected chi connectivity index (χ0v) is 12.5. The van der Waals surface area contributed by atoms with Crippen LogP contribution in [0, 0.1) is 0 Å². The van der Waals surface area contributed by atoms with Gasteiger partial charge in [-0.3, -0.25) is 0 Å². The Morgan fingerprint density at radius 2 is 1.65 bits per heavy atom. The molecule has 92 valence electrons. The highest BCUT2D eigenvalue weighted by Crippen LogP contribution is 2.36. The number of hydrogen-bond acceptors (Lipinski definition) is 3. The van der Waals surface area contributed by atoms with Crippen LogP contribution in [0.15, 0.2) is 24.3 Å². The van der Waals surface area contributed by atoms with Gasteiger partial charge in [-0.2, -0.15) is 0 Å². The monoisotopic (exact) mass is 285 g/mol. The second kappa shape index (κ2) is 4.73. The fraction of sp³-hybridized carbons (Fsp3) is 0.385. The van der Waals surface area contributed by atoms with Gasteiger partial charge in [0.15, 0.2) is 0 Å². The lowest BCUT2D eigenvalue weighted by Gasteiger charge is -2.15. The third kappa shape index (κ3) is 2.91. The Hall–Kier alpha value is -0.350. The summed E-state index contributed by atoms with van der Waals surface area (Å²) in [5.74, 6) is 0. The van der Waals surface area contributed by atoms with Crippen LogP contribution >= 0.6 is 34.3 Å². The van der Waals surface area contributed by atoms with Crippen molar-refractivity contribution in [2.45, 2.75) is 32.2 Å². The topological polar surface area (TPSA) is 26.0 Å². The average molecular weight is 286 g/mol. The van der Waals surface area contributed by atoms with Crippen molar-refractivity contribution < 1.29 is 0 Å². The second-order valence-electron chi connectivity index (χ2n) is 5.07. The molecule has 0 aliphatic rings. The number of nitrogens with two attached hydrogens (primary N) is 1. The predicted molar refractivity (Wildman–Crippen MR) is 78.4 cm³/mol. The molecule has 0 spiro atoms. The van der Waals surface area contributed by atoms with Gasteiger partial charge < -0.3 is 5.73 Å². The summed E-state index contributed by atoms with van der Waals surface area (Å²) in [7, 11) is 0. The van der Waals surface area contributed by atoms with Gasteiger partial charge in [0.2, 0.25) is 0 Å². The second-order valence-corrected chi connectivity index (χ2v) is 7.93. The summed E-state index contributed by atoms with van der Waals surface area (Å²) in [6.45, 7) is 6.66. The first-order valence-corrected chi connectivity index (χ1v) is 7.50. The van der Waals surface area contributed by atoms with Gasteiger partial charge in [0.05, 0.1) is 10.4 Å². The molecule has 1 nitrogen and oxygen atoms in total. The van der Waals surface area contributed by atoms with E-state index in [1.54, 1.807) is 22.7 Å². The number of thiophene rings is 2. The van der Waals surface area contributed by atoms with E-state index in [1.165, 1.54) is 9.75 Å². The highest BCUT2D eigenvalue weighted by Gasteiger charge is 2.19. The molecule has 0 fully saturated rings. The van der Waals surface area contributed by atoms with Crippen LogP contribution in [0.5, 0.6) is 0 Å². The van der Waals surface area contributed by atoms with Gasteiger partial charge in [-0.1, -0.05) is 32.4 Å². The molecule has 0 aliphatic heterocycles. The van der Waals surface area contributed by atoms with Crippen molar-refractivity contribution >= 4 is 34.3 Å². The molecule has 0 amide bonds. The summed E-state index contributed by atoms with van der Waals surface area (Å²) >= 11 is 9.28. The summed E-state index contributed by atoms with van der Waals surface area (Å²) in [4.78, 5) is 3.69. The van der Waals surface area contributed by atoms with E-state index in [9.17, 15) is 0 Å². The molecule has 0 bridgehead atoms. The van der Waals surface area contributed by atoms with Gasteiger partial charge in [-0.25, -0.2) is 0 Å². The first-order valence-electron chi connectivity index (χ1n) is 5.49. The SMILES string of the molecule is CC(C)(C)c1ccc(C(N)c2ccc(Cl)s2)s1. The number of rotatable bonds is 2. The normalized spacial score (nSPS) is 13.9. The van der Waals surface area contributed by atoms with Crippen LogP contribution in [0.4, 0.5) is 0 Å². The van der Waals surface area contributed by atoms with Gasteiger partial charge in [-0.05, 0) is 29.7 Å². The van der Waals surface area contributed by atoms with Crippen molar-refractivity contribution in [1.82, 2.24) is 0 Å². The predicted octanol–water partition coefficient (Wildman–Crippen LogP) is 4.81. The van der Waals surface area contributed by atoms with E-state index in [-0.39, 0.29) is 11.5 Å². The standard InChI is InChI=1S/C13H16ClNS2/c1-13(2,3)10-6-4-8(16-10)12(15)9-5-7-11(14)17-9/h4-7,12H,15H2,1-3H3.